The van der Waals surface area contributed by atoms with Crippen LogP contribution in [0.4, 0.5) is 0 Å². The van der Waals surface area contributed by atoms with Crippen LogP contribution in [0.2, 0.25) is 0 Å². The van der Waals surface area contributed by atoms with Crippen molar-refractivity contribution in [3.63, 3.8) is 0 Å². The van der Waals surface area contributed by atoms with E-state index in [4.69, 9.17) is 4.74 Å². The summed E-state index contributed by atoms with van der Waals surface area (Å²) in [5.41, 5.74) is 0.282. The average Bonchev–Trinajstić information content (AvgIpc) is 1.99. The minimum absolute atomic E-state index is 0.0198. The van der Waals surface area contributed by atoms with Gasteiger partial charge in [-0.05, 0) is 30.6 Å². The van der Waals surface area contributed by atoms with Crippen LogP contribution >= 0.6 is 0 Å². The van der Waals surface area contributed by atoms with Crippen LogP contribution in [0.5, 0.6) is 0 Å². The van der Waals surface area contributed by atoms with Crippen LogP contribution < -0.4 is 0 Å². The van der Waals surface area contributed by atoms with E-state index >= 15 is 0 Å². The van der Waals surface area contributed by atoms with E-state index in [1.807, 2.05) is 6.92 Å². The second-order valence-corrected chi connectivity index (χ2v) is 5.58. The van der Waals surface area contributed by atoms with Gasteiger partial charge in [-0.25, -0.2) is 0 Å². The molecule has 2 nitrogen and oxygen atoms in total. The Morgan fingerprint density at radius 2 is 2.07 bits per heavy atom. The normalized spacial score (nSPS) is 28.8. The molecule has 86 valence electrons. The summed E-state index contributed by atoms with van der Waals surface area (Å²) in [5, 5.41) is 0. The molecule has 1 aliphatic carbocycles. The van der Waals surface area contributed by atoms with Crippen molar-refractivity contribution in [3.05, 3.63) is 12.2 Å². The van der Waals surface area contributed by atoms with Crippen molar-refractivity contribution in [3.8, 4) is 0 Å². The van der Waals surface area contributed by atoms with Crippen molar-refractivity contribution < 1.29 is 9.53 Å². The second-order valence-electron chi connectivity index (χ2n) is 5.58. The van der Waals surface area contributed by atoms with E-state index in [9.17, 15) is 4.79 Å². The van der Waals surface area contributed by atoms with E-state index in [2.05, 4.69) is 32.9 Å². The molecule has 1 rings (SSSR count). The highest BCUT2D eigenvalue weighted by atomic mass is 16.5. The lowest BCUT2D eigenvalue weighted by Gasteiger charge is -2.38. The summed E-state index contributed by atoms with van der Waals surface area (Å²) in [6, 6.07) is 0. The predicted octanol–water partition coefficient (Wildman–Crippen LogP) is 3.32. The first-order chi connectivity index (χ1) is 6.87. The fourth-order valence-corrected chi connectivity index (χ4v) is 2.55. The molecule has 0 heterocycles. The molecule has 0 saturated heterocycles. The van der Waals surface area contributed by atoms with Crippen LogP contribution in [0.15, 0.2) is 12.2 Å². The van der Waals surface area contributed by atoms with Crippen LogP contribution in [0.3, 0.4) is 0 Å². The number of rotatable bonds is 3. The van der Waals surface area contributed by atoms with Gasteiger partial charge in [-0.15, -0.1) is 0 Å². The van der Waals surface area contributed by atoms with Gasteiger partial charge in [0.1, 0.15) is 0 Å². The molecule has 0 spiro atoms. The first-order valence-corrected chi connectivity index (χ1v) is 5.70. The van der Waals surface area contributed by atoms with E-state index in [1.54, 1.807) is 0 Å². The Balaban J connectivity index is 2.63. The highest BCUT2D eigenvalue weighted by molar-refractivity contribution is 5.70. The monoisotopic (exact) mass is 210 g/mol. The Morgan fingerprint density at radius 1 is 1.40 bits per heavy atom. The lowest BCUT2D eigenvalue weighted by Crippen LogP contribution is -2.30. The molecular formula is C13H22O2. The largest absolute Gasteiger partial charge is 0.466 e. The maximum Gasteiger partial charge on any atom is 0.306 e. The van der Waals surface area contributed by atoms with Crippen molar-refractivity contribution in [2.45, 2.75) is 47.0 Å². The summed E-state index contributed by atoms with van der Waals surface area (Å²) in [5.74, 6) is -0.0812. The summed E-state index contributed by atoms with van der Waals surface area (Å²) < 4.78 is 5.01. The number of hydrogen-bond acceptors (Lipinski definition) is 2. The van der Waals surface area contributed by atoms with E-state index < -0.39 is 0 Å². The Hall–Kier alpha value is -0.790. The first-order valence-electron chi connectivity index (χ1n) is 5.70. The van der Waals surface area contributed by atoms with Gasteiger partial charge < -0.3 is 4.74 Å². The maximum absolute atomic E-state index is 11.5. The third-order valence-electron chi connectivity index (χ3n) is 2.93. The van der Waals surface area contributed by atoms with Gasteiger partial charge in [0.15, 0.2) is 0 Å². The molecule has 1 unspecified atom stereocenters. The van der Waals surface area contributed by atoms with E-state index in [-0.39, 0.29) is 11.4 Å². The zero-order valence-electron chi connectivity index (χ0n) is 10.3. The van der Waals surface area contributed by atoms with E-state index in [0.717, 1.165) is 12.8 Å². The Morgan fingerprint density at radius 3 is 2.60 bits per heavy atom. The van der Waals surface area contributed by atoms with Crippen molar-refractivity contribution >= 4 is 5.97 Å². The van der Waals surface area contributed by atoms with Crippen LogP contribution in [0.1, 0.15) is 47.0 Å². The highest BCUT2D eigenvalue weighted by Crippen LogP contribution is 2.43. The van der Waals surface area contributed by atoms with Crippen molar-refractivity contribution in [2.24, 2.45) is 10.8 Å². The molecule has 1 aliphatic rings. The zero-order valence-corrected chi connectivity index (χ0v) is 10.3. The van der Waals surface area contributed by atoms with Crippen LogP contribution in [0, 0.1) is 10.8 Å². The van der Waals surface area contributed by atoms with Crippen LogP contribution in [-0.4, -0.2) is 12.6 Å². The number of allylic oxidation sites excluding steroid dienone is 2. The van der Waals surface area contributed by atoms with Gasteiger partial charge in [0.25, 0.3) is 0 Å². The van der Waals surface area contributed by atoms with Gasteiger partial charge in [0.05, 0.1) is 13.0 Å². The number of hydrogen-bond donors (Lipinski definition) is 0. The smallest absolute Gasteiger partial charge is 0.306 e. The second kappa shape index (κ2) is 4.38. The zero-order chi connectivity index (χ0) is 11.5. The quantitative estimate of drug-likeness (QED) is 0.527. The molecule has 0 aromatic heterocycles. The summed E-state index contributed by atoms with van der Waals surface area (Å²) in [7, 11) is 0. The molecule has 2 heteroatoms. The lowest BCUT2D eigenvalue weighted by molar-refractivity contribution is -0.145. The molecule has 1 atom stereocenters. The first kappa shape index (κ1) is 12.3. The van der Waals surface area contributed by atoms with Crippen LogP contribution in [0.25, 0.3) is 0 Å². The number of carbonyl (C=O) groups is 1. The highest BCUT2D eigenvalue weighted by Gasteiger charge is 2.35. The molecular weight excluding hydrogens is 188 g/mol. The molecule has 0 N–H and O–H groups in total. The fraction of sp³-hybridized carbons (Fsp3) is 0.769. The fourth-order valence-electron chi connectivity index (χ4n) is 2.55. The molecule has 0 bridgehead atoms. The molecule has 15 heavy (non-hydrogen) atoms. The van der Waals surface area contributed by atoms with Gasteiger partial charge in [-0.3, -0.25) is 4.79 Å². The molecule has 0 aromatic carbocycles. The van der Waals surface area contributed by atoms with E-state index in [0.29, 0.717) is 18.4 Å². The SMILES string of the molecule is CCOC(=O)CC1(C)C=CCC(C)(C)C1. The lowest BCUT2D eigenvalue weighted by atomic mass is 9.67. The van der Waals surface area contributed by atoms with Gasteiger partial charge in [-0.1, -0.05) is 32.9 Å². The number of ether oxygens (including phenoxy) is 1. The van der Waals surface area contributed by atoms with Crippen molar-refractivity contribution in [1.82, 2.24) is 0 Å². The van der Waals surface area contributed by atoms with Crippen molar-refractivity contribution in [2.75, 3.05) is 6.61 Å². The summed E-state index contributed by atoms with van der Waals surface area (Å²) >= 11 is 0. The maximum atomic E-state index is 11.5. The molecule has 0 fully saturated rings. The Bertz CT molecular complexity index is 266. The average molecular weight is 210 g/mol. The van der Waals surface area contributed by atoms with Gasteiger partial charge in [0, 0.05) is 0 Å². The summed E-state index contributed by atoms with van der Waals surface area (Å²) in [4.78, 5) is 11.5. The Kier molecular flexibility index (Phi) is 3.58. The third kappa shape index (κ3) is 3.69. The van der Waals surface area contributed by atoms with Gasteiger partial charge >= 0.3 is 5.97 Å². The predicted molar refractivity (Wildman–Crippen MR) is 61.5 cm³/mol. The number of carbonyl (C=O) groups excluding carboxylic acids is 1. The minimum atomic E-state index is -0.0812. The van der Waals surface area contributed by atoms with Gasteiger partial charge in [-0.2, -0.15) is 0 Å². The summed E-state index contributed by atoms with van der Waals surface area (Å²) in [6.07, 6.45) is 7.03. The van der Waals surface area contributed by atoms with Crippen LogP contribution in [-0.2, 0) is 9.53 Å². The molecule has 0 amide bonds. The van der Waals surface area contributed by atoms with E-state index in [1.165, 1.54) is 0 Å². The minimum Gasteiger partial charge on any atom is -0.466 e. The Labute approximate surface area is 92.7 Å². The number of esters is 1. The third-order valence-corrected chi connectivity index (χ3v) is 2.93. The molecule has 0 aromatic rings. The standard InChI is InChI=1S/C13H22O2/c1-5-15-11(14)9-13(4)8-6-7-12(2,3)10-13/h6,8H,5,7,9-10H2,1-4H3. The van der Waals surface area contributed by atoms with Crippen molar-refractivity contribution in [1.29, 1.82) is 0 Å². The molecule has 0 aliphatic heterocycles. The summed E-state index contributed by atoms with van der Waals surface area (Å²) in [6.45, 7) is 8.96. The molecule has 0 saturated carbocycles. The van der Waals surface area contributed by atoms with Gasteiger partial charge in [0.2, 0.25) is 0 Å². The topological polar surface area (TPSA) is 26.3 Å². The molecule has 0 radical (unpaired) electrons.